The van der Waals surface area contributed by atoms with Crippen LogP contribution in [0.5, 0.6) is 5.88 Å². The van der Waals surface area contributed by atoms with Crippen LogP contribution in [0, 0.1) is 11.3 Å². The monoisotopic (exact) mass is 472 g/mol. The Morgan fingerprint density at radius 1 is 1.26 bits per heavy atom. The number of anilines is 1. The van der Waals surface area contributed by atoms with Crippen LogP contribution in [-0.4, -0.2) is 52.4 Å². The van der Waals surface area contributed by atoms with E-state index in [-0.39, 0.29) is 24.2 Å². The van der Waals surface area contributed by atoms with Gasteiger partial charge in [-0.15, -0.1) is 0 Å². The Labute approximate surface area is 204 Å². The number of carbonyl (C=O) groups is 2. The SMILES string of the molecule is C=CC(=O)N1CCN(c2nc(C(N)=O)nc3c2CC[C@]2(CCCc4ccccc42)O3)C[C@@H]1CC#N. The molecule has 3 heterocycles. The van der Waals surface area contributed by atoms with Crippen molar-refractivity contribution in [2.75, 3.05) is 24.5 Å². The van der Waals surface area contributed by atoms with Crippen LogP contribution in [0.1, 0.15) is 53.0 Å². The molecule has 0 unspecified atom stereocenters. The molecule has 0 bridgehead atoms. The second-order valence-electron chi connectivity index (χ2n) is 9.32. The van der Waals surface area contributed by atoms with E-state index in [1.165, 1.54) is 17.2 Å². The number of benzene rings is 1. The van der Waals surface area contributed by atoms with E-state index in [9.17, 15) is 14.9 Å². The van der Waals surface area contributed by atoms with Gasteiger partial charge in [0.15, 0.2) is 0 Å². The van der Waals surface area contributed by atoms with E-state index in [0.717, 1.165) is 31.2 Å². The average molecular weight is 473 g/mol. The first-order chi connectivity index (χ1) is 17.0. The number of amides is 2. The van der Waals surface area contributed by atoms with E-state index in [1.807, 2.05) is 11.0 Å². The van der Waals surface area contributed by atoms with Crippen LogP contribution in [0.4, 0.5) is 5.82 Å². The molecular formula is C26H28N6O3. The molecule has 1 fully saturated rings. The molecule has 180 valence electrons. The molecule has 2 aliphatic heterocycles. The van der Waals surface area contributed by atoms with Gasteiger partial charge in [0.25, 0.3) is 5.91 Å². The molecule has 1 spiro atoms. The predicted molar refractivity (Wildman–Crippen MR) is 129 cm³/mol. The third-order valence-corrected chi connectivity index (χ3v) is 7.34. The summed E-state index contributed by atoms with van der Waals surface area (Å²) in [6.45, 7) is 4.90. The first-order valence-electron chi connectivity index (χ1n) is 12.0. The number of ether oxygens (including phenoxy) is 1. The van der Waals surface area contributed by atoms with Crippen molar-refractivity contribution in [1.29, 1.82) is 5.26 Å². The summed E-state index contributed by atoms with van der Waals surface area (Å²) in [5, 5.41) is 9.34. The van der Waals surface area contributed by atoms with Crippen molar-refractivity contribution in [3.8, 4) is 11.9 Å². The number of nitrogens with two attached hydrogens (primary N) is 1. The van der Waals surface area contributed by atoms with Gasteiger partial charge in [-0.1, -0.05) is 30.8 Å². The lowest BCUT2D eigenvalue weighted by Crippen LogP contribution is -2.55. The van der Waals surface area contributed by atoms with Gasteiger partial charge in [-0.2, -0.15) is 10.2 Å². The molecule has 2 aromatic rings. The number of rotatable bonds is 4. The maximum atomic E-state index is 12.3. The number of fused-ring (bicyclic) bond motifs is 3. The van der Waals surface area contributed by atoms with Crippen LogP contribution < -0.4 is 15.4 Å². The van der Waals surface area contributed by atoms with Crippen LogP contribution in [0.2, 0.25) is 0 Å². The zero-order valence-electron chi connectivity index (χ0n) is 19.6. The zero-order chi connectivity index (χ0) is 24.6. The third-order valence-electron chi connectivity index (χ3n) is 7.34. The topological polar surface area (TPSA) is 125 Å². The van der Waals surface area contributed by atoms with E-state index in [0.29, 0.717) is 37.8 Å². The Morgan fingerprint density at radius 2 is 2.09 bits per heavy atom. The molecule has 35 heavy (non-hydrogen) atoms. The normalized spacial score (nSPS) is 23.0. The van der Waals surface area contributed by atoms with Crippen molar-refractivity contribution in [3.63, 3.8) is 0 Å². The fourth-order valence-electron chi connectivity index (χ4n) is 5.67. The van der Waals surface area contributed by atoms with Crippen molar-refractivity contribution < 1.29 is 14.3 Å². The molecule has 0 saturated carbocycles. The summed E-state index contributed by atoms with van der Waals surface area (Å²) >= 11 is 0. The first-order valence-corrected chi connectivity index (χ1v) is 12.0. The average Bonchev–Trinajstić information content (AvgIpc) is 2.88. The van der Waals surface area contributed by atoms with E-state index in [2.05, 4.69) is 40.8 Å². The lowest BCUT2D eigenvalue weighted by atomic mass is 9.75. The van der Waals surface area contributed by atoms with Crippen molar-refractivity contribution in [1.82, 2.24) is 14.9 Å². The molecule has 0 radical (unpaired) electrons. The van der Waals surface area contributed by atoms with Crippen LogP contribution in [0.3, 0.4) is 0 Å². The molecular weight excluding hydrogens is 444 g/mol. The summed E-state index contributed by atoms with van der Waals surface area (Å²) in [5.74, 6) is -0.0325. The summed E-state index contributed by atoms with van der Waals surface area (Å²) in [5.41, 5.74) is 8.42. The summed E-state index contributed by atoms with van der Waals surface area (Å²) < 4.78 is 6.64. The highest BCUT2D eigenvalue weighted by Crippen LogP contribution is 2.47. The number of aryl methyl sites for hydroxylation is 1. The largest absolute Gasteiger partial charge is 0.466 e. The van der Waals surface area contributed by atoms with Crippen LogP contribution >= 0.6 is 0 Å². The number of primary amides is 1. The summed E-state index contributed by atoms with van der Waals surface area (Å²) in [4.78, 5) is 37.1. The first kappa shape index (κ1) is 22.8. The van der Waals surface area contributed by atoms with Crippen molar-refractivity contribution >= 4 is 17.6 Å². The maximum absolute atomic E-state index is 12.3. The standard InChI is InChI=1S/C26H28N6O3/c1-2-21(33)32-15-14-31(16-18(32)10-13-27)24-19-9-12-26(35-25(19)30-23(29-24)22(28)34)11-5-7-17-6-3-4-8-20(17)26/h2-4,6,8,18H,1,5,7,9-12,14-16H2,(H2,28,34)/t18-,26-/m0/s1. The van der Waals surface area contributed by atoms with Crippen molar-refractivity contribution in [3.05, 3.63) is 59.4 Å². The molecule has 2 amide bonds. The number of hydrogen-bond acceptors (Lipinski definition) is 7. The van der Waals surface area contributed by atoms with E-state index in [4.69, 9.17) is 10.5 Å². The molecule has 1 aromatic heterocycles. The van der Waals surface area contributed by atoms with Gasteiger partial charge in [0, 0.05) is 19.6 Å². The number of aromatic nitrogens is 2. The second kappa shape index (κ2) is 9.02. The molecule has 5 rings (SSSR count). The van der Waals surface area contributed by atoms with Gasteiger partial charge in [-0.05, 0) is 49.3 Å². The van der Waals surface area contributed by atoms with Gasteiger partial charge < -0.3 is 20.3 Å². The van der Waals surface area contributed by atoms with Crippen molar-refractivity contribution in [2.24, 2.45) is 5.73 Å². The number of piperazine rings is 1. The van der Waals surface area contributed by atoms with E-state index in [1.54, 1.807) is 4.90 Å². The Balaban J connectivity index is 1.52. The Bertz CT molecular complexity index is 1240. The number of hydrogen-bond donors (Lipinski definition) is 1. The quantitative estimate of drug-likeness (QED) is 0.677. The number of carbonyl (C=O) groups excluding carboxylic acids is 2. The summed E-state index contributed by atoms with van der Waals surface area (Å²) in [6.07, 6.45) is 5.83. The molecule has 9 heteroatoms. The molecule has 2 N–H and O–H groups in total. The lowest BCUT2D eigenvalue weighted by Gasteiger charge is -2.44. The highest BCUT2D eigenvalue weighted by molar-refractivity contribution is 5.90. The smallest absolute Gasteiger partial charge is 0.286 e. The molecule has 1 saturated heterocycles. The molecule has 1 aromatic carbocycles. The summed E-state index contributed by atoms with van der Waals surface area (Å²) in [7, 11) is 0. The Hall–Kier alpha value is -3.93. The molecule has 2 atom stereocenters. The molecule has 1 aliphatic carbocycles. The fraction of sp³-hybridized carbons (Fsp3) is 0.423. The number of nitriles is 1. The minimum Gasteiger partial charge on any atom is -0.466 e. The summed E-state index contributed by atoms with van der Waals surface area (Å²) in [6, 6.07) is 10.2. The van der Waals surface area contributed by atoms with Gasteiger partial charge in [-0.3, -0.25) is 9.59 Å². The second-order valence-corrected chi connectivity index (χ2v) is 9.32. The van der Waals surface area contributed by atoms with Gasteiger partial charge in [0.05, 0.1) is 24.1 Å². The van der Waals surface area contributed by atoms with Crippen LogP contribution in [0.25, 0.3) is 0 Å². The highest BCUT2D eigenvalue weighted by atomic mass is 16.5. The minimum atomic E-state index is -0.727. The van der Waals surface area contributed by atoms with Gasteiger partial charge >= 0.3 is 0 Å². The lowest BCUT2D eigenvalue weighted by molar-refractivity contribution is -0.128. The van der Waals surface area contributed by atoms with Gasteiger partial charge in [0.2, 0.25) is 17.6 Å². The van der Waals surface area contributed by atoms with Crippen LogP contribution in [-0.2, 0) is 23.2 Å². The fourth-order valence-corrected chi connectivity index (χ4v) is 5.67. The zero-order valence-corrected chi connectivity index (χ0v) is 19.6. The molecule has 9 nitrogen and oxygen atoms in total. The van der Waals surface area contributed by atoms with Crippen molar-refractivity contribution in [2.45, 2.75) is 50.2 Å². The minimum absolute atomic E-state index is 0.0960. The van der Waals surface area contributed by atoms with Gasteiger partial charge in [0.1, 0.15) is 11.4 Å². The van der Waals surface area contributed by atoms with Crippen LogP contribution in [0.15, 0.2) is 36.9 Å². The predicted octanol–water partition coefficient (Wildman–Crippen LogP) is 2.25. The molecule has 3 aliphatic rings. The maximum Gasteiger partial charge on any atom is 0.286 e. The van der Waals surface area contributed by atoms with Gasteiger partial charge in [-0.25, -0.2) is 4.98 Å². The Morgan fingerprint density at radius 3 is 2.86 bits per heavy atom. The van der Waals surface area contributed by atoms with E-state index < -0.39 is 11.5 Å². The Kier molecular flexibility index (Phi) is 5.89. The number of nitrogens with zero attached hydrogens (tertiary/aromatic N) is 5. The highest BCUT2D eigenvalue weighted by Gasteiger charge is 2.44. The third kappa shape index (κ3) is 3.99. The van der Waals surface area contributed by atoms with E-state index >= 15 is 0 Å².